The molecule has 0 spiro atoms. The monoisotopic (exact) mass is 330 g/mol. The van der Waals surface area contributed by atoms with Crippen LogP contribution in [0.25, 0.3) is 0 Å². The van der Waals surface area contributed by atoms with Gasteiger partial charge in [-0.3, -0.25) is 14.4 Å². The van der Waals surface area contributed by atoms with Crippen LogP contribution >= 0.6 is 0 Å². The van der Waals surface area contributed by atoms with Crippen molar-refractivity contribution in [3.05, 3.63) is 53.9 Å². The highest BCUT2D eigenvalue weighted by molar-refractivity contribution is 5.97. The number of ketones is 1. The van der Waals surface area contributed by atoms with Crippen LogP contribution in [0, 0.1) is 0 Å². The molecule has 1 aromatic carbocycles. The minimum absolute atomic E-state index is 0.315. The van der Waals surface area contributed by atoms with E-state index in [0.717, 1.165) is 0 Å². The van der Waals surface area contributed by atoms with E-state index in [1.807, 2.05) is 6.92 Å². The summed E-state index contributed by atoms with van der Waals surface area (Å²) in [6.45, 7) is 1.72. The number of rotatable bonds is 8. The average molecular weight is 330 g/mol. The average Bonchev–Trinajstić information content (AvgIpc) is 3.13. The van der Waals surface area contributed by atoms with Gasteiger partial charge in [0, 0.05) is 11.8 Å². The zero-order valence-corrected chi connectivity index (χ0v) is 13.2. The molecule has 0 saturated heterocycles. The molecule has 0 aliphatic rings. The lowest BCUT2D eigenvalue weighted by molar-refractivity contribution is -0.141. The molecule has 7 heteroatoms. The van der Waals surface area contributed by atoms with Crippen LogP contribution in [0.5, 0.6) is 5.75 Å². The third kappa shape index (κ3) is 4.98. The van der Waals surface area contributed by atoms with Gasteiger partial charge in [-0.1, -0.05) is 0 Å². The third-order valence-corrected chi connectivity index (χ3v) is 3.08. The minimum Gasteiger partial charge on any atom is -0.494 e. The number of hydrogen-bond acceptors (Lipinski definition) is 5. The number of ether oxygens (including phenoxy) is 2. The fourth-order valence-corrected chi connectivity index (χ4v) is 1.90. The highest BCUT2D eigenvalue weighted by Gasteiger charge is 2.12. The Bertz CT molecular complexity index is 692. The van der Waals surface area contributed by atoms with E-state index in [1.54, 1.807) is 42.6 Å². The molecule has 2 rings (SSSR count). The summed E-state index contributed by atoms with van der Waals surface area (Å²) in [5, 5.41) is 2.44. The van der Waals surface area contributed by atoms with Gasteiger partial charge in [0.25, 0.3) is 5.91 Å². The van der Waals surface area contributed by atoms with Gasteiger partial charge in [0.05, 0.1) is 12.3 Å². The van der Waals surface area contributed by atoms with E-state index in [1.165, 1.54) is 0 Å². The molecular formula is C17H18N2O5. The molecule has 126 valence electrons. The van der Waals surface area contributed by atoms with Crippen molar-refractivity contribution in [2.24, 2.45) is 0 Å². The highest BCUT2D eigenvalue weighted by Crippen LogP contribution is 2.11. The minimum atomic E-state index is -0.686. The number of Topliss-reactive ketones (excluding diaryl/α,β-unsaturated/α-hetero) is 1. The SMILES string of the molecule is CCOc1ccc(C(=O)NCC(=O)OCC(=O)c2ccc[nH]2)cc1. The van der Waals surface area contributed by atoms with E-state index >= 15 is 0 Å². The second-order valence-corrected chi connectivity index (χ2v) is 4.81. The summed E-state index contributed by atoms with van der Waals surface area (Å²) in [7, 11) is 0. The fourth-order valence-electron chi connectivity index (χ4n) is 1.90. The molecule has 0 aliphatic carbocycles. The molecule has 0 atom stereocenters. The third-order valence-electron chi connectivity index (χ3n) is 3.08. The summed E-state index contributed by atoms with van der Waals surface area (Å²) < 4.78 is 10.1. The highest BCUT2D eigenvalue weighted by atomic mass is 16.5. The zero-order valence-electron chi connectivity index (χ0n) is 13.2. The molecule has 0 aliphatic heterocycles. The maximum Gasteiger partial charge on any atom is 0.325 e. The second kappa shape index (κ2) is 8.52. The van der Waals surface area contributed by atoms with Gasteiger partial charge in [0.15, 0.2) is 6.61 Å². The number of hydrogen-bond donors (Lipinski definition) is 2. The summed E-state index contributed by atoms with van der Waals surface area (Å²) in [6, 6.07) is 9.80. The van der Waals surface area contributed by atoms with Crippen molar-refractivity contribution in [3.8, 4) is 5.75 Å². The van der Waals surface area contributed by atoms with Crippen LogP contribution in [0.4, 0.5) is 0 Å². The van der Waals surface area contributed by atoms with Crippen LogP contribution < -0.4 is 10.1 Å². The first-order valence-corrected chi connectivity index (χ1v) is 7.43. The Balaban J connectivity index is 1.74. The Morgan fingerprint density at radius 3 is 2.50 bits per heavy atom. The maximum atomic E-state index is 11.9. The number of H-pyrrole nitrogens is 1. The molecule has 0 fully saturated rings. The number of esters is 1. The van der Waals surface area contributed by atoms with E-state index < -0.39 is 11.9 Å². The van der Waals surface area contributed by atoms with E-state index in [4.69, 9.17) is 9.47 Å². The number of benzene rings is 1. The molecule has 0 unspecified atom stereocenters. The smallest absolute Gasteiger partial charge is 0.325 e. The Kier molecular flexibility index (Phi) is 6.13. The van der Waals surface area contributed by atoms with Gasteiger partial charge in [-0.2, -0.15) is 0 Å². The molecule has 1 aromatic heterocycles. The summed E-state index contributed by atoms with van der Waals surface area (Å²) in [4.78, 5) is 37.9. The van der Waals surface area contributed by atoms with Crippen LogP contribution in [0.3, 0.4) is 0 Å². The van der Waals surface area contributed by atoms with Gasteiger partial charge in [0.2, 0.25) is 5.78 Å². The summed E-state index contributed by atoms with van der Waals surface area (Å²) in [6.07, 6.45) is 1.60. The Morgan fingerprint density at radius 2 is 1.88 bits per heavy atom. The van der Waals surface area contributed by atoms with Crippen LogP contribution in [0.2, 0.25) is 0 Å². The van der Waals surface area contributed by atoms with Gasteiger partial charge in [-0.05, 0) is 43.3 Å². The molecule has 2 N–H and O–H groups in total. The van der Waals surface area contributed by atoms with Crippen molar-refractivity contribution in [2.45, 2.75) is 6.92 Å². The number of aromatic amines is 1. The van der Waals surface area contributed by atoms with Crippen molar-refractivity contribution in [1.29, 1.82) is 0 Å². The Hall–Kier alpha value is -3.09. The topological polar surface area (TPSA) is 97.5 Å². The van der Waals surface area contributed by atoms with E-state index in [9.17, 15) is 14.4 Å². The van der Waals surface area contributed by atoms with Gasteiger partial charge in [-0.15, -0.1) is 0 Å². The van der Waals surface area contributed by atoms with E-state index in [0.29, 0.717) is 23.6 Å². The fraction of sp³-hybridized carbons (Fsp3) is 0.235. The molecule has 7 nitrogen and oxygen atoms in total. The molecular weight excluding hydrogens is 312 g/mol. The second-order valence-electron chi connectivity index (χ2n) is 4.81. The molecule has 24 heavy (non-hydrogen) atoms. The number of carbonyl (C=O) groups excluding carboxylic acids is 3. The van der Waals surface area contributed by atoms with E-state index in [2.05, 4.69) is 10.3 Å². The molecule has 2 aromatic rings. The van der Waals surface area contributed by atoms with Crippen molar-refractivity contribution >= 4 is 17.7 Å². The standard InChI is InChI=1S/C17H18N2O5/c1-2-23-13-7-5-12(6-8-13)17(22)19-10-16(21)24-11-15(20)14-4-3-9-18-14/h3-9,18H,2,10-11H2,1H3,(H,19,22). The first kappa shape index (κ1) is 17.3. The van der Waals surface area contributed by atoms with Crippen molar-refractivity contribution < 1.29 is 23.9 Å². The normalized spacial score (nSPS) is 10.0. The van der Waals surface area contributed by atoms with Gasteiger partial charge in [-0.25, -0.2) is 0 Å². The lowest BCUT2D eigenvalue weighted by Gasteiger charge is -2.07. The van der Waals surface area contributed by atoms with E-state index in [-0.39, 0.29) is 18.9 Å². The maximum absolute atomic E-state index is 11.9. The Morgan fingerprint density at radius 1 is 1.12 bits per heavy atom. The Labute approximate surface area is 139 Å². The molecule has 0 saturated carbocycles. The summed E-state index contributed by atoms with van der Waals surface area (Å²) in [5.41, 5.74) is 0.759. The van der Waals surface area contributed by atoms with Crippen LogP contribution in [-0.4, -0.2) is 42.4 Å². The van der Waals surface area contributed by atoms with Gasteiger partial charge >= 0.3 is 5.97 Å². The van der Waals surface area contributed by atoms with Crippen molar-refractivity contribution in [1.82, 2.24) is 10.3 Å². The van der Waals surface area contributed by atoms with Crippen LogP contribution in [0.1, 0.15) is 27.8 Å². The van der Waals surface area contributed by atoms with Crippen LogP contribution in [-0.2, 0) is 9.53 Å². The first-order valence-electron chi connectivity index (χ1n) is 7.43. The van der Waals surface area contributed by atoms with Crippen molar-refractivity contribution in [3.63, 3.8) is 0 Å². The predicted molar refractivity (Wildman–Crippen MR) is 86.0 cm³/mol. The lowest BCUT2D eigenvalue weighted by Crippen LogP contribution is -2.31. The summed E-state index contributed by atoms with van der Waals surface area (Å²) in [5.74, 6) is -0.776. The molecule has 1 heterocycles. The first-order chi connectivity index (χ1) is 11.6. The largest absolute Gasteiger partial charge is 0.494 e. The molecule has 0 radical (unpaired) electrons. The number of amides is 1. The lowest BCUT2D eigenvalue weighted by atomic mass is 10.2. The summed E-state index contributed by atoms with van der Waals surface area (Å²) >= 11 is 0. The van der Waals surface area contributed by atoms with Crippen molar-refractivity contribution in [2.75, 3.05) is 19.8 Å². The number of nitrogens with one attached hydrogen (secondary N) is 2. The molecule has 0 bridgehead atoms. The quantitative estimate of drug-likeness (QED) is 0.565. The zero-order chi connectivity index (χ0) is 17.4. The van der Waals surface area contributed by atoms with Crippen LogP contribution in [0.15, 0.2) is 42.6 Å². The van der Waals surface area contributed by atoms with Gasteiger partial charge in [0.1, 0.15) is 12.3 Å². The number of aromatic nitrogens is 1. The molecule has 1 amide bonds. The van der Waals surface area contributed by atoms with Gasteiger partial charge < -0.3 is 19.8 Å². The predicted octanol–water partition coefficient (Wildman–Crippen LogP) is 1.57. The number of carbonyl (C=O) groups is 3.